The third-order valence-electron chi connectivity index (χ3n) is 6.15. The molecule has 1 aromatic carbocycles. The van der Waals surface area contributed by atoms with Crippen molar-refractivity contribution in [2.24, 2.45) is 0 Å². The molecule has 2 saturated heterocycles. The third-order valence-corrected chi connectivity index (χ3v) is 6.15. The van der Waals surface area contributed by atoms with E-state index in [1.165, 1.54) is 5.56 Å². The van der Waals surface area contributed by atoms with E-state index in [-0.39, 0.29) is 6.03 Å². The Labute approximate surface area is 184 Å². The van der Waals surface area contributed by atoms with E-state index in [2.05, 4.69) is 56.1 Å². The van der Waals surface area contributed by atoms with Crippen molar-refractivity contribution in [3.63, 3.8) is 0 Å². The van der Waals surface area contributed by atoms with E-state index >= 15 is 0 Å². The molecule has 8 nitrogen and oxygen atoms in total. The molecule has 3 heterocycles. The van der Waals surface area contributed by atoms with E-state index in [0.29, 0.717) is 13.1 Å². The second kappa shape index (κ2) is 9.09. The highest BCUT2D eigenvalue weighted by Gasteiger charge is 2.24. The molecule has 166 valence electrons. The molecule has 2 aliphatic rings. The number of nitrogens with one attached hydrogen (secondary N) is 1. The van der Waals surface area contributed by atoms with Crippen molar-refractivity contribution in [2.75, 3.05) is 74.5 Å². The molecule has 2 aliphatic heterocycles. The van der Waals surface area contributed by atoms with Gasteiger partial charge >= 0.3 is 6.03 Å². The zero-order chi connectivity index (χ0) is 22.0. The van der Waals surface area contributed by atoms with Crippen LogP contribution in [-0.2, 0) is 0 Å². The first kappa shape index (κ1) is 21.4. The summed E-state index contributed by atoms with van der Waals surface area (Å²) < 4.78 is 0. The lowest BCUT2D eigenvalue weighted by Gasteiger charge is -2.36. The number of aromatic nitrogens is 2. The number of hydrogen-bond acceptors (Lipinski definition) is 6. The lowest BCUT2D eigenvalue weighted by molar-refractivity contribution is 0.208. The predicted molar refractivity (Wildman–Crippen MR) is 125 cm³/mol. The molecule has 0 bridgehead atoms. The molecule has 1 aromatic heterocycles. The summed E-state index contributed by atoms with van der Waals surface area (Å²) in [5.41, 5.74) is 3.15. The van der Waals surface area contributed by atoms with E-state index in [4.69, 9.17) is 0 Å². The SMILES string of the molecule is Cc1ccc(NC(=O)N2CCN(c3cc(N4CCN(C)CC4)nc(C)n3)CC2)c(C)c1. The number of carbonyl (C=O) groups excluding carboxylic acids is 1. The summed E-state index contributed by atoms with van der Waals surface area (Å²) in [6.07, 6.45) is 0. The van der Waals surface area contributed by atoms with Gasteiger partial charge in [0.25, 0.3) is 0 Å². The van der Waals surface area contributed by atoms with Gasteiger partial charge in [0.1, 0.15) is 17.5 Å². The third kappa shape index (κ3) is 5.07. The Morgan fingerprint density at radius 1 is 0.839 bits per heavy atom. The normalized spacial score (nSPS) is 17.7. The van der Waals surface area contributed by atoms with Gasteiger partial charge in [-0.25, -0.2) is 14.8 Å². The molecule has 0 atom stereocenters. The van der Waals surface area contributed by atoms with Gasteiger partial charge in [-0.2, -0.15) is 0 Å². The number of anilines is 3. The molecule has 0 saturated carbocycles. The lowest BCUT2D eigenvalue weighted by Crippen LogP contribution is -2.50. The fraction of sp³-hybridized carbons (Fsp3) is 0.522. The quantitative estimate of drug-likeness (QED) is 0.818. The number of urea groups is 1. The van der Waals surface area contributed by atoms with Crippen LogP contribution in [0.1, 0.15) is 17.0 Å². The smallest absolute Gasteiger partial charge is 0.321 e. The Kier molecular flexibility index (Phi) is 6.27. The average molecular weight is 424 g/mol. The molecule has 31 heavy (non-hydrogen) atoms. The van der Waals surface area contributed by atoms with Gasteiger partial charge in [-0.3, -0.25) is 0 Å². The first-order valence-corrected chi connectivity index (χ1v) is 11.1. The Morgan fingerprint density at radius 2 is 1.42 bits per heavy atom. The van der Waals surface area contributed by atoms with Gasteiger partial charge in [0.15, 0.2) is 0 Å². The van der Waals surface area contributed by atoms with Crippen molar-refractivity contribution in [1.82, 2.24) is 19.8 Å². The fourth-order valence-electron chi connectivity index (χ4n) is 4.18. The molecule has 0 aliphatic carbocycles. The lowest BCUT2D eigenvalue weighted by atomic mass is 10.1. The fourth-order valence-corrected chi connectivity index (χ4v) is 4.18. The minimum absolute atomic E-state index is 0.0383. The van der Waals surface area contributed by atoms with Crippen LogP contribution in [0.4, 0.5) is 22.1 Å². The van der Waals surface area contributed by atoms with Gasteiger partial charge in [0, 0.05) is 64.1 Å². The van der Waals surface area contributed by atoms with Crippen LogP contribution in [0.2, 0.25) is 0 Å². The zero-order valence-corrected chi connectivity index (χ0v) is 19.1. The Morgan fingerprint density at radius 3 is 2.00 bits per heavy atom. The number of aryl methyl sites for hydroxylation is 3. The minimum atomic E-state index is -0.0383. The van der Waals surface area contributed by atoms with Crippen molar-refractivity contribution in [3.8, 4) is 0 Å². The summed E-state index contributed by atoms with van der Waals surface area (Å²) in [5.74, 6) is 2.75. The molecule has 2 amide bonds. The molecular weight excluding hydrogens is 390 g/mol. The maximum Gasteiger partial charge on any atom is 0.321 e. The standard InChI is InChI=1S/C23H33N7O/c1-17-5-6-20(18(2)15-17)26-23(31)30-13-11-29(12-14-30)22-16-21(24-19(3)25-22)28-9-7-27(4)8-10-28/h5-6,15-16H,7-14H2,1-4H3,(H,26,31). The van der Waals surface area contributed by atoms with Gasteiger partial charge in [-0.1, -0.05) is 17.7 Å². The maximum absolute atomic E-state index is 12.7. The van der Waals surface area contributed by atoms with Gasteiger partial charge < -0.3 is 24.9 Å². The predicted octanol–water partition coefficient (Wildman–Crippen LogP) is 2.51. The first-order valence-electron chi connectivity index (χ1n) is 11.1. The Bertz CT molecular complexity index is 932. The topological polar surface area (TPSA) is 67.8 Å². The van der Waals surface area contributed by atoms with E-state index in [0.717, 1.165) is 68.0 Å². The number of piperazine rings is 2. The highest BCUT2D eigenvalue weighted by molar-refractivity contribution is 5.90. The van der Waals surface area contributed by atoms with Crippen molar-refractivity contribution in [2.45, 2.75) is 20.8 Å². The number of hydrogen-bond donors (Lipinski definition) is 1. The molecular formula is C23H33N7O. The maximum atomic E-state index is 12.7. The van der Waals surface area contributed by atoms with Crippen molar-refractivity contribution >= 4 is 23.4 Å². The van der Waals surface area contributed by atoms with Crippen LogP contribution in [-0.4, -0.2) is 85.2 Å². The number of rotatable bonds is 3. The highest BCUT2D eigenvalue weighted by Crippen LogP contribution is 2.22. The number of likely N-dealkylation sites (N-methyl/N-ethyl adjacent to an activating group) is 1. The number of carbonyl (C=O) groups is 1. The summed E-state index contributed by atoms with van der Waals surface area (Å²) in [7, 11) is 2.16. The average Bonchev–Trinajstić information content (AvgIpc) is 2.76. The summed E-state index contributed by atoms with van der Waals surface area (Å²) in [4.78, 5) is 30.9. The molecule has 2 fully saturated rings. The first-order chi connectivity index (χ1) is 14.9. The van der Waals surface area contributed by atoms with Crippen LogP contribution >= 0.6 is 0 Å². The van der Waals surface area contributed by atoms with Crippen LogP contribution in [0.5, 0.6) is 0 Å². The van der Waals surface area contributed by atoms with Gasteiger partial charge in [-0.05, 0) is 39.4 Å². The minimum Gasteiger partial charge on any atom is -0.354 e. The zero-order valence-electron chi connectivity index (χ0n) is 19.1. The molecule has 1 N–H and O–H groups in total. The monoisotopic (exact) mass is 423 g/mol. The summed E-state index contributed by atoms with van der Waals surface area (Å²) in [6.45, 7) is 13.0. The van der Waals surface area contributed by atoms with Crippen LogP contribution in [0.15, 0.2) is 24.3 Å². The van der Waals surface area contributed by atoms with Crippen LogP contribution in [0.25, 0.3) is 0 Å². The van der Waals surface area contributed by atoms with E-state index < -0.39 is 0 Å². The number of nitrogens with zero attached hydrogens (tertiary/aromatic N) is 6. The summed E-state index contributed by atoms with van der Waals surface area (Å²) in [5, 5.41) is 3.06. The second-order valence-electron chi connectivity index (χ2n) is 8.64. The van der Waals surface area contributed by atoms with Gasteiger partial charge in [0.2, 0.25) is 0 Å². The molecule has 0 unspecified atom stereocenters. The molecule has 4 rings (SSSR count). The Hall–Kier alpha value is -2.87. The molecule has 8 heteroatoms. The summed E-state index contributed by atoms with van der Waals surface area (Å²) in [6, 6.07) is 8.15. The van der Waals surface area contributed by atoms with Gasteiger partial charge in [0.05, 0.1) is 0 Å². The summed E-state index contributed by atoms with van der Waals surface area (Å²) >= 11 is 0. The van der Waals surface area contributed by atoms with E-state index in [1.54, 1.807) is 0 Å². The van der Waals surface area contributed by atoms with Crippen LogP contribution < -0.4 is 15.1 Å². The van der Waals surface area contributed by atoms with Crippen molar-refractivity contribution in [1.29, 1.82) is 0 Å². The van der Waals surface area contributed by atoms with Crippen molar-refractivity contribution in [3.05, 3.63) is 41.2 Å². The number of benzene rings is 1. The van der Waals surface area contributed by atoms with E-state index in [1.807, 2.05) is 30.9 Å². The highest BCUT2D eigenvalue weighted by atomic mass is 16.2. The van der Waals surface area contributed by atoms with Gasteiger partial charge in [-0.15, -0.1) is 0 Å². The van der Waals surface area contributed by atoms with Crippen LogP contribution in [0.3, 0.4) is 0 Å². The Balaban J connectivity index is 1.37. The second-order valence-corrected chi connectivity index (χ2v) is 8.64. The molecule has 0 spiro atoms. The van der Waals surface area contributed by atoms with E-state index in [9.17, 15) is 4.79 Å². The van der Waals surface area contributed by atoms with Crippen LogP contribution in [0, 0.1) is 20.8 Å². The number of amides is 2. The largest absolute Gasteiger partial charge is 0.354 e. The molecule has 2 aromatic rings. The van der Waals surface area contributed by atoms with Crippen molar-refractivity contribution < 1.29 is 4.79 Å². The molecule has 0 radical (unpaired) electrons.